The van der Waals surface area contributed by atoms with E-state index in [4.69, 9.17) is 0 Å². The quantitative estimate of drug-likeness (QED) is 0.617. The minimum Gasteiger partial charge on any atom is -0.0925 e. The van der Waals surface area contributed by atoms with Crippen molar-refractivity contribution in [3.05, 3.63) is 0 Å². The van der Waals surface area contributed by atoms with Gasteiger partial charge in [-0.05, 0) is 24.2 Å². The van der Waals surface area contributed by atoms with Crippen LogP contribution in [-0.4, -0.2) is 5.33 Å². The summed E-state index contributed by atoms with van der Waals surface area (Å²) in [4.78, 5) is 0. The second-order valence-electron chi connectivity index (χ2n) is 3.62. The maximum Gasteiger partial charge on any atom is 0.00623 e. The molecule has 1 aliphatic rings. The smallest absolute Gasteiger partial charge is 0.00623 e. The van der Waals surface area contributed by atoms with Crippen LogP contribution in [0.15, 0.2) is 0 Å². The molecule has 1 atom stereocenters. The van der Waals surface area contributed by atoms with Gasteiger partial charge in [-0.2, -0.15) is 0 Å². The minimum absolute atomic E-state index is 0.726. The second kappa shape index (κ2) is 3.25. The molecule has 1 rings (SSSR count). The fourth-order valence-electron chi connectivity index (χ4n) is 1.99. The van der Waals surface area contributed by atoms with Crippen molar-refractivity contribution >= 4 is 15.9 Å². The van der Waals surface area contributed by atoms with E-state index in [0.29, 0.717) is 0 Å². The van der Waals surface area contributed by atoms with Crippen LogP contribution in [0, 0.1) is 11.3 Å². The Kier molecular flexibility index (Phi) is 2.79. The number of halogens is 1. The van der Waals surface area contributed by atoms with E-state index in [1.54, 1.807) is 0 Å². The fourth-order valence-corrected chi connectivity index (χ4v) is 2.68. The average Bonchev–Trinajstić information content (AvgIpc) is 1.86. The highest BCUT2D eigenvalue weighted by Crippen LogP contribution is 2.50. The second-order valence-corrected chi connectivity index (χ2v) is 4.27. The summed E-state index contributed by atoms with van der Waals surface area (Å²) in [5.41, 5.74) is 0.726. The Bertz CT molecular complexity index is 99.8. The van der Waals surface area contributed by atoms with Crippen molar-refractivity contribution < 1.29 is 0 Å². The summed E-state index contributed by atoms with van der Waals surface area (Å²) in [5, 5.41) is 1.18. The van der Waals surface area contributed by atoms with Crippen molar-refractivity contribution in [2.45, 2.75) is 39.5 Å². The van der Waals surface area contributed by atoms with E-state index in [-0.39, 0.29) is 0 Å². The maximum atomic E-state index is 3.57. The fraction of sp³-hybridized carbons (Fsp3) is 1.00. The Morgan fingerprint density at radius 3 is 2.20 bits per heavy atom. The predicted octanol–water partition coefficient (Wildman–Crippen LogP) is 3.60. The first-order valence-corrected chi connectivity index (χ1v) is 5.43. The lowest BCUT2D eigenvalue weighted by Gasteiger charge is -2.45. The minimum atomic E-state index is 0.726. The lowest BCUT2D eigenvalue weighted by molar-refractivity contribution is 0.0669. The van der Waals surface area contributed by atoms with Crippen LogP contribution in [0.4, 0.5) is 0 Å². The monoisotopic (exact) mass is 204 g/mol. The van der Waals surface area contributed by atoms with E-state index in [1.807, 2.05) is 0 Å². The molecule has 0 amide bonds. The predicted molar refractivity (Wildman–Crippen MR) is 49.5 cm³/mol. The van der Waals surface area contributed by atoms with Crippen molar-refractivity contribution in [1.82, 2.24) is 0 Å². The first-order chi connectivity index (χ1) is 4.75. The Balaban J connectivity index is 2.46. The molecule has 1 heteroatoms. The Morgan fingerprint density at radius 1 is 1.50 bits per heavy atom. The van der Waals surface area contributed by atoms with Crippen LogP contribution in [0.1, 0.15) is 39.5 Å². The molecular weight excluding hydrogens is 188 g/mol. The Hall–Kier alpha value is 0.480. The number of rotatable bonds is 3. The first kappa shape index (κ1) is 8.58. The van der Waals surface area contributed by atoms with Gasteiger partial charge in [-0.25, -0.2) is 0 Å². The van der Waals surface area contributed by atoms with Crippen LogP contribution in [0.2, 0.25) is 0 Å². The molecule has 0 aromatic rings. The van der Waals surface area contributed by atoms with Crippen molar-refractivity contribution in [2.24, 2.45) is 11.3 Å². The van der Waals surface area contributed by atoms with Gasteiger partial charge < -0.3 is 0 Å². The summed E-state index contributed by atoms with van der Waals surface area (Å²) in [5.74, 6) is 0.881. The molecule has 0 N–H and O–H groups in total. The zero-order valence-corrected chi connectivity index (χ0v) is 8.58. The van der Waals surface area contributed by atoms with Gasteiger partial charge in [0.25, 0.3) is 0 Å². The number of hydrogen-bond donors (Lipinski definition) is 0. The highest BCUT2D eigenvalue weighted by Gasteiger charge is 2.39. The van der Waals surface area contributed by atoms with E-state index in [1.165, 1.54) is 31.0 Å². The third-order valence-corrected chi connectivity index (χ3v) is 4.30. The largest absolute Gasteiger partial charge is 0.0925 e. The Labute approximate surface area is 72.5 Å². The summed E-state index contributed by atoms with van der Waals surface area (Å²) in [6, 6.07) is 0. The van der Waals surface area contributed by atoms with Gasteiger partial charge in [-0.3, -0.25) is 0 Å². The molecular formula is C9H17Br. The summed E-state index contributed by atoms with van der Waals surface area (Å²) in [6.45, 7) is 4.70. The van der Waals surface area contributed by atoms with E-state index in [9.17, 15) is 0 Å². The van der Waals surface area contributed by atoms with E-state index >= 15 is 0 Å². The number of alkyl halides is 1. The summed E-state index contributed by atoms with van der Waals surface area (Å²) in [7, 11) is 0. The van der Waals surface area contributed by atoms with E-state index < -0.39 is 0 Å². The van der Waals surface area contributed by atoms with Crippen molar-refractivity contribution in [1.29, 1.82) is 0 Å². The van der Waals surface area contributed by atoms with Gasteiger partial charge in [-0.1, -0.05) is 42.6 Å². The van der Waals surface area contributed by atoms with Crippen molar-refractivity contribution in [2.75, 3.05) is 5.33 Å². The van der Waals surface area contributed by atoms with E-state index in [0.717, 1.165) is 11.3 Å². The molecule has 0 spiro atoms. The molecule has 0 aromatic heterocycles. The van der Waals surface area contributed by atoms with Gasteiger partial charge in [0.2, 0.25) is 0 Å². The van der Waals surface area contributed by atoms with Gasteiger partial charge in [0.05, 0.1) is 0 Å². The van der Waals surface area contributed by atoms with Crippen LogP contribution in [0.3, 0.4) is 0 Å². The van der Waals surface area contributed by atoms with Gasteiger partial charge in [0.15, 0.2) is 0 Å². The molecule has 0 saturated heterocycles. The molecule has 1 aliphatic carbocycles. The molecule has 60 valence electrons. The number of hydrogen-bond acceptors (Lipinski definition) is 0. The van der Waals surface area contributed by atoms with Crippen LogP contribution >= 0.6 is 15.9 Å². The van der Waals surface area contributed by atoms with Crippen LogP contribution in [0.25, 0.3) is 0 Å². The maximum absolute atomic E-state index is 3.57. The molecule has 1 saturated carbocycles. The molecule has 1 fully saturated rings. The molecule has 0 nitrogen and oxygen atoms in total. The summed E-state index contributed by atoms with van der Waals surface area (Å²) in [6.07, 6.45) is 5.78. The van der Waals surface area contributed by atoms with Crippen LogP contribution in [-0.2, 0) is 0 Å². The van der Waals surface area contributed by atoms with Crippen molar-refractivity contribution in [3.63, 3.8) is 0 Å². The lowest BCUT2D eigenvalue weighted by Crippen LogP contribution is -2.36. The SMILES string of the molecule is CCC1(C(C)CBr)CCC1. The van der Waals surface area contributed by atoms with Crippen LogP contribution < -0.4 is 0 Å². The standard InChI is InChI=1S/C9H17Br/c1-3-9(5-4-6-9)8(2)7-10/h8H,3-7H2,1-2H3. The Morgan fingerprint density at radius 2 is 2.10 bits per heavy atom. The molecule has 1 unspecified atom stereocenters. The summed E-state index contributed by atoms with van der Waals surface area (Å²) >= 11 is 3.57. The first-order valence-electron chi connectivity index (χ1n) is 4.31. The zero-order valence-electron chi connectivity index (χ0n) is 6.99. The highest BCUT2D eigenvalue weighted by molar-refractivity contribution is 9.09. The molecule has 0 aromatic carbocycles. The third-order valence-electron chi connectivity index (χ3n) is 3.33. The van der Waals surface area contributed by atoms with Crippen molar-refractivity contribution in [3.8, 4) is 0 Å². The lowest BCUT2D eigenvalue weighted by atomic mass is 9.61. The van der Waals surface area contributed by atoms with Gasteiger partial charge in [-0.15, -0.1) is 0 Å². The van der Waals surface area contributed by atoms with Gasteiger partial charge >= 0.3 is 0 Å². The molecule has 0 heterocycles. The van der Waals surface area contributed by atoms with E-state index in [2.05, 4.69) is 29.8 Å². The molecule has 0 radical (unpaired) electrons. The highest BCUT2D eigenvalue weighted by atomic mass is 79.9. The van der Waals surface area contributed by atoms with Gasteiger partial charge in [0.1, 0.15) is 0 Å². The normalized spacial score (nSPS) is 25.5. The zero-order chi connectivity index (χ0) is 7.61. The molecule has 10 heavy (non-hydrogen) atoms. The third kappa shape index (κ3) is 1.25. The van der Waals surface area contributed by atoms with Crippen LogP contribution in [0.5, 0.6) is 0 Å². The molecule has 0 aliphatic heterocycles. The average molecular weight is 205 g/mol. The topological polar surface area (TPSA) is 0 Å². The molecule has 0 bridgehead atoms. The van der Waals surface area contributed by atoms with Gasteiger partial charge in [0, 0.05) is 5.33 Å². The summed E-state index contributed by atoms with van der Waals surface area (Å²) < 4.78 is 0.